The minimum atomic E-state index is -3.72. The number of sulfonamides is 1. The molecule has 3 aromatic carbocycles. The zero-order chi connectivity index (χ0) is 21.8. The van der Waals surface area contributed by atoms with Crippen molar-refractivity contribution in [3.8, 4) is 11.5 Å². The van der Waals surface area contributed by atoms with Gasteiger partial charge in [0, 0.05) is 29.3 Å². The molecule has 0 bridgehead atoms. The lowest BCUT2D eigenvalue weighted by molar-refractivity contribution is 0.414. The van der Waals surface area contributed by atoms with Crippen LogP contribution in [-0.2, 0) is 16.4 Å². The number of H-pyrrole nitrogens is 1. The van der Waals surface area contributed by atoms with Gasteiger partial charge in [-0.25, -0.2) is 8.42 Å². The number of hydrogen-bond donors (Lipinski definition) is 2. The molecule has 1 aromatic heterocycles. The Balaban J connectivity index is 1.51. The van der Waals surface area contributed by atoms with Gasteiger partial charge in [0.05, 0.1) is 4.90 Å². The van der Waals surface area contributed by atoms with E-state index in [1.54, 1.807) is 18.2 Å². The second kappa shape index (κ2) is 8.83. The molecule has 0 radical (unpaired) electrons. The predicted molar refractivity (Wildman–Crippen MR) is 124 cm³/mol. The van der Waals surface area contributed by atoms with Gasteiger partial charge in [0.1, 0.15) is 11.5 Å². The first-order chi connectivity index (χ1) is 14.9. The van der Waals surface area contributed by atoms with Crippen LogP contribution >= 0.6 is 0 Å². The number of fused-ring (bicyclic) bond motifs is 1. The van der Waals surface area contributed by atoms with Gasteiger partial charge in [-0.05, 0) is 80.7 Å². The fourth-order valence-corrected chi connectivity index (χ4v) is 4.37. The van der Waals surface area contributed by atoms with Gasteiger partial charge in [0.25, 0.3) is 10.0 Å². The molecule has 6 nitrogen and oxygen atoms in total. The van der Waals surface area contributed by atoms with Gasteiger partial charge in [-0.2, -0.15) is 0 Å². The van der Waals surface area contributed by atoms with Crippen LogP contribution in [0.3, 0.4) is 0 Å². The molecule has 2 N–H and O–H groups in total. The Hall–Kier alpha value is -3.29. The summed E-state index contributed by atoms with van der Waals surface area (Å²) in [7, 11) is 0.347. The van der Waals surface area contributed by atoms with Crippen LogP contribution in [0.15, 0.2) is 83.9 Å². The second-order valence-electron chi connectivity index (χ2n) is 7.62. The number of hydrogen-bond acceptors (Lipinski definition) is 4. The highest BCUT2D eigenvalue weighted by Gasteiger charge is 2.15. The van der Waals surface area contributed by atoms with Crippen LogP contribution in [0.1, 0.15) is 5.56 Å². The maximum atomic E-state index is 12.9. The summed E-state index contributed by atoms with van der Waals surface area (Å²) >= 11 is 0. The van der Waals surface area contributed by atoms with Crippen molar-refractivity contribution in [3.63, 3.8) is 0 Å². The summed E-state index contributed by atoms with van der Waals surface area (Å²) in [5.74, 6) is 1.27. The van der Waals surface area contributed by atoms with E-state index in [-0.39, 0.29) is 4.90 Å². The number of para-hydroxylation sites is 1. The van der Waals surface area contributed by atoms with Gasteiger partial charge >= 0.3 is 0 Å². The molecular weight excluding hydrogens is 410 g/mol. The number of likely N-dealkylation sites (N-methyl/N-ethyl adjacent to an activating group) is 1. The maximum absolute atomic E-state index is 12.9. The number of aromatic amines is 1. The van der Waals surface area contributed by atoms with Crippen molar-refractivity contribution in [2.75, 3.05) is 25.4 Å². The molecule has 160 valence electrons. The summed E-state index contributed by atoms with van der Waals surface area (Å²) in [4.78, 5) is 5.55. The average molecular weight is 436 g/mol. The Morgan fingerprint density at radius 3 is 2.35 bits per heavy atom. The highest BCUT2D eigenvalue weighted by Crippen LogP contribution is 2.26. The zero-order valence-electron chi connectivity index (χ0n) is 17.5. The Bertz CT molecular complexity index is 1260. The fourth-order valence-electron chi connectivity index (χ4n) is 3.32. The molecule has 4 rings (SSSR count). The molecule has 0 aliphatic rings. The van der Waals surface area contributed by atoms with E-state index in [9.17, 15) is 8.42 Å². The Morgan fingerprint density at radius 1 is 0.935 bits per heavy atom. The summed E-state index contributed by atoms with van der Waals surface area (Å²) in [5, 5.41) is 1.02. The molecule has 0 fully saturated rings. The lowest BCUT2D eigenvalue weighted by atomic mass is 10.1. The molecule has 0 aliphatic heterocycles. The third kappa shape index (κ3) is 5.07. The molecule has 0 saturated carbocycles. The highest BCUT2D eigenvalue weighted by molar-refractivity contribution is 7.92. The Labute approximate surface area is 182 Å². The van der Waals surface area contributed by atoms with Crippen molar-refractivity contribution in [1.82, 2.24) is 9.88 Å². The number of nitrogens with one attached hydrogen (secondary N) is 2. The summed E-state index contributed by atoms with van der Waals surface area (Å²) in [6.07, 6.45) is 2.87. The first-order valence-corrected chi connectivity index (χ1v) is 11.5. The van der Waals surface area contributed by atoms with Crippen molar-refractivity contribution in [2.45, 2.75) is 11.3 Å². The fraction of sp³-hybridized carbons (Fsp3) is 0.167. The van der Waals surface area contributed by atoms with Crippen LogP contribution in [0.4, 0.5) is 5.69 Å². The zero-order valence-corrected chi connectivity index (χ0v) is 18.3. The highest BCUT2D eigenvalue weighted by atomic mass is 32.2. The van der Waals surface area contributed by atoms with E-state index in [1.807, 2.05) is 62.8 Å². The van der Waals surface area contributed by atoms with Gasteiger partial charge in [-0.15, -0.1) is 0 Å². The molecule has 0 spiro atoms. The lowest BCUT2D eigenvalue weighted by Gasteiger charge is -2.11. The SMILES string of the molecule is CN(C)CCc1c[nH]c2ccc(NS(=O)(=O)c3ccc(Oc4ccccc4)cc3)cc12. The van der Waals surface area contributed by atoms with Gasteiger partial charge in [-0.3, -0.25) is 4.72 Å². The van der Waals surface area contributed by atoms with Crippen molar-refractivity contribution in [2.24, 2.45) is 0 Å². The predicted octanol–water partition coefficient (Wildman–Crippen LogP) is 4.87. The van der Waals surface area contributed by atoms with Crippen LogP contribution < -0.4 is 9.46 Å². The van der Waals surface area contributed by atoms with E-state index < -0.39 is 10.0 Å². The quantitative estimate of drug-likeness (QED) is 0.414. The summed E-state index contributed by atoms with van der Waals surface area (Å²) in [6, 6.07) is 21.3. The van der Waals surface area contributed by atoms with Crippen LogP contribution in [0.25, 0.3) is 10.9 Å². The van der Waals surface area contributed by atoms with Crippen molar-refractivity contribution in [3.05, 3.63) is 84.6 Å². The molecule has 0 atom stereocenters. The molecule has 0 aliphatic carbocycles. The van der Waals surface area contributed by atoms with Crippen LogP contribution in [0.2, 0.25) is 0 Å². The first kappa shape index (κ1) is 21.0. The van der Waals surface area contributed by atoms with Crippen LogP contribution in [-0.4, -0.2) is 38.9 Å². The van der Waals surface area contributed by atoms with E-state index in [1.165, 1.54) is 12.1 Å². The number of nitrogens with zero attached hydrogens (tertiary/aromatic N) is 1. The lowest BCUT2D eigenvalue weighted by Crippen LogP contribution is -2.15. The van der Waals surface area contributed by atoms with Gasteiger partial charge in [0.2, 0.25) is 0 Å². The summed E-state index contributed by atoms with van der Waals surface area (Å²) in [5.41, 5.74) is 2.68. The molecule has 0 saturated heterocycles. The summed E-state index contributed by atoms with van der Waals surface area (Å²) in [6.45, 7) is 0.917. The second-order valence-corrected chi connectivity index (χ2v) is 9.30. The molecule has 31 heavy (non-hydrogen) atoms. The average Bonchev–Trinajstić information content (AvgIpc) is 3.15. The monoisotopic (exact) mass is 435 g/mol. The Kier molecular flexibility index (Phi) is 5.97. The standard InChI is InChI=1S/C24H25N3O3S/c1-27(2)15-14-18-17-25-24-13-8-19(16-23(18)24)26-31(28,29)22-11-9-21(10-12-22)30-20-6-4-3-5-7-20/h3-13,16-17,25-26H,14-15H2,1-2H3. The maximum Gasteiger partial charge on any atom is 0.261 e. The molecule has 0 unspecified atom stereocenters. The van der Waals surface area contributed by atoms with E-state index in [0.29, 0.717) is 17.2 Å². The van der Waals surface area contributed by atoms with E-state index in [2.05, 4.69) is 14.6 Å². The minimum absolute atomic E-state index is 0.176. The molecule has 4 aromatic rings. The normalized spacial score (nSPS) is 11.7. The third-order valence-electron chi connectivity index (χ3n) is 4.96. The summed E-state index contributed by atoms with van der Waals surface area (Å²) < 4.78 is 34.2. The number of aromatic nitrogens is 1. The van der Waals surface area contributed by atoms with Crippen molar-refractivity contribution in [1.29, 1.82) is 0 Å². The van der Waals surface area contributed by atoms with Gasteiger partial charge in [-0.1, -0.05) is 18.2 Å². The number of rotatable bonds is 8. The smallest absolute Gasteiger partial charge is 0.261 e. The van der Waals surface area contributed by atoms with Gasteiger partial charge < -0.3 is 14.6 Å². The number of anilines is 1. The Morgan fingerprint density at radius 2 is 1.65 bits per heavy atom. The van der Waals surface area contributed by atoms with E-state index >= 15 is 0 Å². The molecule has 0 amide bonds. The van der Waals surface area contributed by atoms with Crippen LogP contribution in [0, 0.1) is 0 Å². The third-order valence-corrected chi connectivity index (χ3v) is 6.36. The number of benzene rings is 3. The number of ether oxygens (including phenoxy) is 1. The van der Waals surface area contributed by atoms with E-state index in [4.69, 9.17) is 4.74 Å². The van der Waals surface area contributed by atoms with Crippen molar-refractivity contribution < 1.29 is 13.2 Å². The molecule has 7 heteroatoms. The van der Waals surface area contributed by atoms with Crippen molar-refractivity contribution >= 4 is 26.6 Å². The van der Waals surface area contributed by atoms with Gasteiger partial charge in [0.15, 0.2) is 0 Å². The molecule has 1 heterocycles. The topological polar surface area (TPSA) is 74.4 Å². The van der Waals surface area contributed by atoms with E-state index in [0.717, 1.165) is 29.4 Å². The van der Waals surface area contributed by atoms with Crippen LogP contribution in [0.5, 0.6) is 11.5 Å². The molecular formula is C24H25N3O3S. The largest absolute Gasteiger partial charge is 0.457 e. The first-order valence-electron chi connectivity index (χ1n) is 10.0. The minimum Gasteiger partial charge on any atom is -0.457 e.